The van der Waals surface area contributed by atoms with Crippen molar-refractivity contribution in [2.24, 2.45) is 0 Å². The van der Waals surface area contributed by atoms with Gasteiger partial charge in [0.25, 0.3) is 0 Å². The Morgan fingerprint density at radius 1 is 1.29 bits per heavy atom. The fourth-order valence-electron chi connectivity index (χ4n) is 1.73. The number of aromatic nitrogens is 4. The SMILES string of the molecule is O=CNc1ccc(-c2nnnn2C2CC2)cc1. The molecule has 6 heteroatoms. The van der Waals surface area contributed by atoms with Crippen molar-refractivity contribution < 1.29 is 4.79 Å². The highest BCUT2D eigenvalue weighted by Crippen LogP contribution is 2.36. The molecule has 0 radical (unpaired) electrons. The maximum absolute atomic E-state index is 10.3. The first-order chi connectivity index (χ1) is 8.38. The molecule has 86 valence electrons. The summed E-state index contributed by atoms with van der Waals surface area (Å²) in [5.74, 6) is 0.783. The van der Waals surface area contributed by atoms with Crippen LogP contribution in [0.15, 0.2) is 24.3 Å². The van der Waals surface area contributed by atoms with Gasteiger partial charge in [0.15, 0.2) is 5.82 Å². The maximum Gasteiger partial charge on any atom is 0.211 e. The van der Waals surface area contributed by atoms with Crippen molar-refractivity contribution in [3.05, 3.63) is 24.3 Å². The topological polar surface area (TPSA) is 72.7 Å². The summed E-state index contributed by atoms with van der Waals surface area (Å²) in [6.07, 6.45) is 2.94. The van der Waals surface area contributed by atoms with Gasteiger partial charge in [-0.1, -0.05) is 0 Å². The molecule has 0 unspecified atom stereocenters. The van der Waals surface area contributed by atoms with E-state index in [1.807, 2.05) is 28.9 Å². The third-order valence-corrected chi connectivity index (χ3v) is 2.75. The van der Waals surface area contributed by atoms with E-state index in [0.29, 0.717) is 12.5 Å². The number of nitrogens with one attached hydrogen (secondary N) is 1. The summed E-state index contributed by atoms with van der Waals surface area (Å²) in [4.78, 5) is 10.3. The predicted octanol–water partition coefficient (Wildman–Crippen LogP) is 1.24. The Labute approximate surface area is 97.6 Å². The third-order valence-electron chi connectivity index (χ3n) is 2.75. The zero-order valence-corrected chi connectivity index (χ0v) is 9.08. The summed E-state index contributed by atoms with van der Waals surface area (Å²) in [5.41, 5.74) is 1.72. The molecule has 0 bridgehead atoms. The van der Waals surface area contributed by atoms with Crippen molar-refractivity contribution in [3.8, 4) is 11.4 Å². The Morgan fingerprint density at radius 2 is 2.06 bits per heavy atom. The molecule has 1 saturated carbocycles. The molecule has 17 heavy (non-hydrogen) atoms. The molecule has 2 aromatic rings. The number of carbonyl (C=O) groups is 1. The first-order valence-electron chi connectivity index (χ1n) is 5.47. The molecule has 6 nitrogen and oxygen atoms in total. The van der Waals surface area contributed by atoms with E-state index >= 15 is 0 Å². The molecule has 1 amide bonds. The highest BCUT2D eigenvalue weighted by Gasteiger charge is 2.28. The van der Waals surface area contributed by atoms with Gasteiger partial charge in [-0.15, -0.1) is 5.10 Å². The quantitative estimate of drug-likeness (QED) is 0.800. The van der Waals surface area contributed by atoms with Crippen LogP contribution in [-0.4, -0.2) is 26.6 Å². The van der Waals surface area contributed by atoms with Crippen molar-refractivity contribution in [1.82, 2.24) is 20.2 Å². The predicted molar refractivity (Wildman–Crippen MR) is 61.2 cm³/mol. The second-order valence-electron chi connectivity index (χ2n) is 4.02. The van der Waals surface area contributed by atoms with E-state index in [4.69, 9.17) is 0 Å². The summed E-state index contributed by atoms with van der Waals surface area (Å²) in [5, 5.41) is 14.3. The number of tetrazole rings is 1. The van der Waals surface area contributed by atoms with Crippen LogP contribution in [0.4, 0.5) is 5.69 Å². The molecule has 1 aliphatic carbocycles. The summed E-state index contributed by atoms with van der Waals surface area (Å²) >= 11 is 0. The zero-order chi connectivity index (χ0) is 11.7. The Kier molecular flexibility index (Phi) is 2.32. The van der Waals surface area contributed by atoms with Crippen molar-refractivity contribution in [1.29, 1.82) is 0 Å². The largest absolute Gasteiger partial charge is 0.329 e. The minimum absolute atomic E-state index is 0.452. The molecule has 1 heterocycles. The highest BCUT2D eigenvalue weighted by molar-refractivity contribution is 5.72. The maximum atomic E-state index is 10.3. The van der Waals surface area contributed by atoms with Gasteiger partial charge < -0.3 is 5.32 Å². The van der Waals surface area contributed by atoms with Crippen LogP contribution >= 0.6 is 0 Å². The standard InChI is InChI=1S/C11H11N5O/c17-7-12-9-3-1-8(2-4-9)11-13-14-15-16(11)10-5-6-10/h1-4,7,10H,5-6H2,(H,12,17). The number of amides is 1. The van der Waals surface area contributed by atoms with Crippen molar-refractivity contribution in [3.63, 3.8) is 0 Å². The molecule has 1 N–H and O–H groups in total. The molecule has 0 aliphatic heterocycles. The number of carbonyl (C=O) groups excluding carboxylic acids is 1. The van der Waals surface area contributed by atoms with Gasteiger partial charge in [-0.25, -0.2) is 4.68 Å². The second kappa shape index (κ2) is 3.97. The third kappa shape index (κ3) is 1.89. The second-order valence-corrected chi connectivity index (χ2v) is 4.02. The van der Waals surface area contributed by atoms with Gasteiger partial charge in [0, 0.05) is 11.3 Å². The smallest absolute Gasteiger partial charge is 0.211 e. The normalized spacial score (nSPS) is 14.6. The van der Waals surface area contributed by atoms with E-state index in [1.165, 1.54) is 0 Å². The van der Waals surface area contributed by atoms with Gasteiger partial charge in [-0.3, -0.25) is 4.79 Å². The monoisotopic (exact) mass is 229 g/mol. The number of hydrogen-bond donors (Lipinski definition) is 1. The first-order valence-corrected chi connectivity index (χ1v) is 5.47. The zero-order valence-electron chi connectivity index (χ0n) is 9.08. The van der Waals surface area contributed by atoms with E-state index < -0.39 is 0 Å². The van der Waals surface area contributed by atoms with Crippen LogP contribution in [0.2, 0.25) is 0 Å². The first kappa shape index (κ1) is 9.95. The Hall–Kier alpha value is -2.24. The average molecular weight is 229 g/mol. The molecular formula is C11H11N5O. The van der Waals surface area contributed by atoms with Crippen LogP contribution in [-0.2, 0) is 4.79 Å². The fourth-order valence-corrected chi connectivity index (χ4v) is 1.73. The Bertz CT molecular complexity index is 529. The van der Waals surface area contributed by atoms with E-state index in [-0.39, 0.29) is 0 Å². The van der Waals surface area contributed by atoms with E-state index in [1.54, 1.807) is 0 Å². The lowest BCUT2D eigenvalue weighted by molar-refractivity contribution is -0.105. The van der Waals surface area contributed by atoms with E-state index in [0.717, 1.165) is 29.9 Å². The van der Waals surface area contributed by atoms with Crippen LogP contribution in [0.3, 0.4) is 0 Å². The molecule has 1 aromatic heterocycles. The lowest BCUT2D eigenvalue weighted by Crippen LogP contribution is -2.00. The highest BCUT2D eigenvalue weighted by atomic mass is 16.1. The van der Waals surface area contributed by atoms with Crippen molar-refractivity contribution in [2.75, 3.05) is 5.32 Å². The van der Waals surface area contributed by atoms with Gasteiger partial charge in [0.2, 0.25) is 6.41 Å². The summed E-state index contributed by atoms with van der Waals surface area (Å²) in [6, 6.07) is 7.91. The van der Waals surface area contributed by atoms with E-state index in [9.17, 15) is 4.79 Å². The number of nitrogens with zero attached hydrogens (tertiary/aromatic N) is 4. The van der Waals surface area contributed by atoms with Crippen LogP contribution in [0.25, 0.3) is 11.4 Å². The van der Waals surface area contributed by atoms with Crippen LogP contribution < -0.4 is 5.32 Å². The van der Waals surface area contributed by atoms with Gasteiger partial charge in [0.1, 0.15) is 0 Å². The molecule has 0 spiro atoms. The van der Waals surface area contributed by atoms with Crippen molar-refractivity contribution >= 4 is 12.1 Å². The minimum Gasteiger partial charge on any atom is -0.329 e. The van der Waals surface area contributed by atoms with Crippen LogP contribution in [0.5, 0.6) is 0 Å². The average Bonchev–Trinajstić information content (AvgIpc) is 3.09. The van der Waals surface area contributed by atoms with Crippen molar-refractivity contribution in [2.45, 2.75) is 18.9 Å². The molecule has 1 fully saturated rings. The number of rotatable bonds is 4. The molecular weight excluding hydrogens is 218 g/mol. The Balaban J connectivity index is 1.92. The molecule has 0 saturated heterocycles. The molecule has 1 aliphatic rings. The van der Waals surface area contributed by atoms with Crippen LogP contribution in [0, 0.1) is 0 Å². The lowest BCUT2D eigenvalue weighted by atomic mass is 10.2. The number of hydrogen-bond acceptors (Lipinski definition) is 4. The summed E-state index contributed by atoms with van der Waals surface area (Å²) in [7, 11) is 0. The Morgan fingerprint density at radius 3 is 2.71 bits per heavy atom. The summed E-state index contributed by atoms with van der Waals surface area (Å²) < 4.78 is 1.86. The van der Waals surface area contributed by atoms with E-state index in [2.05, 4.69) is 20.8 Å². The van der Waals surface area contributed by atoms with Gasteiger partial charge in [-0.2, -0.15) is 0 Å². The lowest BCUT2D eigenvalue weighted by Gasteiger charge is -2.03. The minimum atomic E-state index is 0.452. The van der Waals surface area contributed by atoms with Crippen LogP contribution in [0.1, 0.15) is 18.9 Å². The molecule has 3 rings (SSSR count). The number of benzene rings is 1. The molecule has 0 atom stereocenters. The van der Waals surface area contributed by atoms with Gasteiger partial charge >= 0.3 is 0 Å². The molecule has 1 aromatic carbocycles. The van der Waals surface area contributed by atoms with Gasteiger partial charge in [-0.05, 0) is 47.5 Å². The number of anilines is 1. The summed E-state index contributed by atoms with van der Waals surface area (Å²) in [6.45, 7) is 0. The van der Waals surface area contributed by atoms with Gasteiger partial charge in [0.05, 0.1) is 6.04 Å². The fraction of sp³-hybridized carbons (Fsp3) is 0.273.